The van der Waals surface area contributed by atoms with Crippen molar-refractivity contribution in [2.24, 2.45) is 0 Å². The third kappa shape index (κ3) is 2.82. The first-order valence-electron chi connectivity index (χ1n) is 6.09. The third-order valence-electron chi connectivity index (χ3n) is 2.90. The Morgan fingerprint density at radius 2 is 2.17 bits per heavy atom. The van der Waals surface area contributed by atoms with E-state index in [9.17, 15) is 4.79 Å². The first-order valence-corrected chi connectivity index (χ1v) is 6.09. The molecule has 1 fully saturated rings. The minimum atomic E-state index is -0.238. The van der Waals surface area contributed by atoms with Crippen molar-refractivity contribution in [1.29, 1.82) is 0 Å². The molecule has 1 saturated heterocycles. The van der Waals surface area contributed by atoms with Crippen LogP contribution in [0.2, 0.25) is 0 Å². The molecule has 1 amide bonds. The summed E-state index contributed by atoms with van der Waals surface area (Å²) in [5.74, 6) is 0.860. The molecule has 0 radical (unpaired) electrons. The number of ether oxygens (including phenoxy) is 1. The summed E-state index contributed by atoms with van der Waals surface area (Å²) in [6.07, 6.45) is 1.46. The number of hydrogen-bond acceptors (Lipinski definition) is 5. The summed E-state index contributed by atoms with van der Waals surface area (Å²) in [5.41, 5.74) is 6.43. The van der Waals surface area contributed by atoms with E-state index >= 15 is 0 Å². The maximum atomic E-state index is 11.5. The fourth-order valence-corrected chi connectivity index (χ4v) is 1.94. The van der Waals surface area contributed by atoms with Crippen LogP contribution in [0.4, 0.5) is 16.3 Å². The number of carbonyl (C=O) groups excluding carboxylic acids is 1. The number of aromatic nitrogens is 1. The van der Waals surface area contributed by atoms with Crippen LogP contribution in [0.15, 0.2) is 18.3 Å². The first kappa shape index (κ1) is 12.5. The highest BCUT2D eigenvalue weighted by Gasteiger charge is 2.22. The molecule has 2 rings (SSSR count). The highest BCUT2D eigenvalue weighted by molar-refractivity contribution is 5.68. The molecule has 1 aromatic rings. The molecule has 1 aliphatic rings. The van der Waals surface area contributed by atoms with E-state index < -0.39 is 0 Å². The molecule has 0 bridgehead atoms. The van der Waals surface area contributed by atoms with Gasteiger partial charge in [-0.25, -0.2) is 9.78 Å². The number of amides is 1. The predicted molar refractivity (Wildman–Crippen MR) is 69.5 cm³/mol. The van der Waals surface area contributed by atoms with Crippen LogP contribution in [0.3, 0.4) is 0 Å². The Kier molecular flexibility index (Phi) is 3.86. The lowest BCUT2D eigenvalue weighted by molar-refractivity contribution is 0.105. The van der Waals surface area contributed by atoms with E-state index in [0.717, 1.165) is 18.9 Å². The lowest BCUT2D eigenvalue weighted by Crippen LogP contribution is -2.49. The Hall–Kier alpha value is -1.98. The van der Waals surface area contributed by atoms with Crippen LogP contribution in [0.1, 0.15) is 6.92 Å². The van der Waals surface area contributed by atoms with Crippen molar-refractivity contribution in [3.63, 3.8) is 0 Å². The smallest absolute Gasteiger partial charge is 0.409 e. The maximum absolute atomic E-state index is 11.5. The third-order valence-corrected chi connectivity index (χ3v) is 2.90. The number of pyridine rings is 1. The average Bonchev–Trinajstić information content (AvgIpc) is 2.39. The number of rotatable bonds is 2. The average molecular weight is 250 g/mol. The van der Waals surface area contributed by atoms with Crippen molar-refractivity contribution in [1.82, 2.24) is 9.88 Å². The van der Waals surface area contributed by atoms with Crippen molar-refractivity contribution in [2.75, 3.05) is 43.4 Å². The maximum Gasteiger partial charge on any atom is 0.409 e. The molecular weight excluding hydrogens is 232 g/mol. The lowest BCUT2D eigenvalue weighted by Gasteiger charge is -2.34. The van der Waals surface area contributed by atoms with Crippen LogP contribution in [-0.2, 0) is 4.74 Å². The number of piperazine rings is 1. The van der Waals surface area contributed by atoms with E-state index in [-0.39, 0.29) is 6.09 Å². The van der Waals surface area contributed by atoms with Gasteiger partial charge in [0.25, 0.3) is 0 Å². The Morgan fingerprint density at radius 1 is 1.44 bits per heavy atom. The van der Waals surface area contributed by atoms with Gasteiger partial charge in [0.1, 0.15) is 5.82 Å². The highest BCUT2D eigenvalue weighted by Crippen LogP contribution is 2.16. The molecule has 6 nitrogen and oxygen atoms in total. The van der Waals surface area contributed by atoms with Crippen LogP contribution in [0.25, 0.3) is 0 Å². The van der Waals surface area contributed by atoms with E-state index in [4.69, 9.17) is 10.5 Å². The van der Waals surface area contributed by atoms with Gasteiger partial charge in [-0.1, -0.05) is 0 Å². The zero-order chi connectivity index (χ0) is 13.0. The van der Waals surface area contributed by atoms with E-state index in [1.165, 1.54) is 0 Å². The zero-order valence-corrected chi connectivity index (χ0v) is 10.5. The Bertz CT molecular complexity index is 416. The summed E-state index contributed by atoms with van der Waals surface area (Å²) in [5, 5.41) is 0. The SMILES string of the molecule is CCOC(=O)N1CCN(c2cc(N)ccn2)CC1. The van der Waals surface area contributed by atoms with Crippen LogP contribution >= 0.6 is 0 Å². The normalized spacial score (nSPS) is 15.6. The molecule has 0 atom stereocenters. The second-order valence-electron chi connectivity index (χ2n) is 4.12. The summed E-state index contributed by atoms with van der Waals surface area (Å²) in [6, 6.07) is 3.61. The predicted octanol–water partition coefficient (Wildman–Crippen LogP) is 0.942. The Morgan fingerprint density at radius 3 is 2.78 bits per heavy atom. The molecule has 18 heavy (non-hydrogen) atoms. The monoisotopic (exact) mass is 250 g/mol. The second kappa shape index (κ2) is 5.57. The van der Waals surface area contributed by atoms with Crippen molar-refractivity contribution >= 4 is 17.6 Å². The number of nitrogens with two attached hydrogens (primary N) is 1. The summed E-state index contributed by atoms with van der Waals surface area (Å²) in [6.45, 7) is 5.01. The van der Waals surface area contributed by atoms with E-state index in [1.54, 1.807) is 17.2 Å². The molecule has 1 aromatic heterocycles. The fourth-order valence-electron chi connectivity index (χ4n) is 1.94. The van der Waals surface area contributed by atoms with Crippen molar-refractivity contribution in [3.8, 4) is 0 Å². The second-order valence-corrected chi connectivity index (χ2v) is 4.12. The molecule has 2 heterocycles. The van der Waals surface area contributed by atoms with Gasteiger partial charge in [-0.05, 0) is 13.0 Å². The number of nitrogens with zero attached hydrogens (tertiary/aromatic N) is 3. The van der Waals surface area contributed by atoms with Gasteiger partial charge in [0.15, 0.2) is 0 Å². The standard InChI is InChI=1S/C12H18N4O2/c1-2-18-12(17)16-7-5-15(6-8-16)11-9-10(13)3-4-14-11/h3-4,9H,2,5-8H2,1H3,(H2,13,14). The highest BCUT2D eigenvalue weighted by atomic mass is 16.6. The van der Waals surface area contributed by atoms with Crippen molar-refractivity contribution in [3.05, 3.63) is 18.3 Å². The van der Waals surface area contributed by atoms with Gasteiger partial charge in [0.05, 0.1) is 6.61 Å². The van der Waals surface area contributed by atoms with Crippen LogP contribution in [0, 0.1) is 0 Å². The van der Waals surface area contributed by atoms with Gasteiger partial charge in [-0.15, -0.1) is 0 Å². The molecule has 2 N–H and O–H groups in total. The molecule has 0 unspecified atom stereocenters. The fraction of sp³-hybridized carbons (Fsp3) is 0.500. The lowest BCUT2D eigenvalue weighted by atomic mass is 10.3. The molecule has 0 spiro atoms. The molecule has 0 aliphatic carbocycles. The van der Waals surface area contributed by atoms with Gasteiger partial charge in [0.2, 0.25) is 0 Å². The summed E-state index contributed by atoms with van der Waals surface area (Å²) >= 11 is 0. The van der Waals surface area contributed by atoms with E-state index in [2.05, 4.69) is 9.88 Å². The van der Waals surface area contributed by atoms with Crippen molar-refractivity contribution < 1.29 is 9.53 Å². The van der Waals surface area contributed by atoms with Crippen LogP contribution < -0.4 is 10.6 Å². The van der Waals surface area contributed by atoms with Crippen molar-refractivity contribution in [2.45, 2.75) is 6.92 Å². The number of hydrogen-bond donors (Lipinski definition) is 1. The minimum absolute atomic E-state index is 0.238. The molecular formula is C12H18N4O2. The van der Waals surface area contributed by atoms with E-state index in [1.807, 2.05) is 13.0 Å². The van der Waals surface area contributed by atoms with Gasteiger partial charge in [-0.2, -0.15) is 0 Å². The van der Waals surface area contributed by atoms with Gasteiger partial charge >= 0.3 is 6.09 Å². The Labute approximate surface area is 106 Å². The van der Waals surface area contributed by atoms with Gasteiger partial charge in [0, 0.05) is 44.1 Å². The van der Waals surface area contributed by atoms with E-state index in [0.29, 0.717) is 25.4 Å². The molecule has 98 valence electrons. The summed E-state index contributed by atoms with van der Waals surface area (Å²) in [4.78, 5) is 19.7. The molecule has 0 aromatic carbocycles. The molecule has 6 heteroatoms. The number of nitrogen functional groups attached to an aromatic ring is 1. The number of carbonyl (C=O) groups is 1. The van der Waals surface area contributed by atoms with Crippen LogP contribution in [0.5, 0.6) is 0 Å². The quantitative estimate of drug-likeness (QED) is 0.845. The topological polar surface area (TPSA) is 71.7 Å². The zero-order valence-electron chi connectivity index (χ0n) is 10.5. The summed E-state index contributed by atoms with van der Waals surface area (Å²) < 4.78 is 4.97. The first-order chi connectivity index (χ1) is 8.70. The molecule has 0 saturated carbocycles. The minimum Gasteiger partial charge on any atom is -0.450 e. The molecule has 1 aliphatic heterocycles. The van der Waals surface area contributed by atoms with Crippen LogP contribution in [-0.4, -0.2) is 48.8 Å². The van der Waals surface area contributed by atoms with Gasteiger partial charge in [-0.3, -0.25) is 0 Å². The van der Waals surface area contributed by atoms with Gasteiger partial charge < -0.3 is 20.3 Å². The Balaban J connectivity index is 1.92. The largest absolute Gasteiger partial charge is 0.450 e. The summed E-state index contributed by atoms with van der Waals surface area (Å²) in [7, 11) is 0. The number of anilines is 2.